The predicted octanol–water partition coefficient (Wildman–Crippen LogP) is 3.69. The Morgan fingerprint density at radius 3 is 2.55 bits per heavy atom. The van der Waals surface area contributed by atoms with Crippen molar-refractivity contribution in [2.24, 2.45) is 5.73 Å². The van der Waals surface area contributed by atoms with Crippen molar-refractivity contribution in [1.29, 1.82) is 0 Å². The summed E-state index contributed by atoms with van der Waals surface area (Å²) in [6.07, 6.45) is 0. The zero-order valence-corrected chi connectivity index (χ0v) is 12.4. The lowest BCUT2D eigenvalue weighted by molar-refractivity contribution is 0.305. The highest BCUT2D eigenvalue weighted by molar-refractivity contribution is 6.32. The van der Waals surface area contributed by atoms with E-state index in [-0.39, 0.29) is 0 Å². The third kappa shape index (κ3) is 3.44. The molecule has 0 bridgehead atoms. The van der Waals surface area contributed by atoms with Gasteiger partial charge in [-0.25, -0.2) is 0 Å². The quantitative estimate of drug-likeness (QED) is 0.913. The Bertz CT molecular complexity index is 599. The fourth-order valence-electron chi connectivity index (χ4n) is 1.93. The Morgan fingerprint density at radius 2 is 1.90 bits per heavy atom. The number of hydrogen-bond donors (Lipinski definition) is 1. The van der Waals surface area contributed by atoms with Crippen LogP contribution in [0, 0.1) is 6.92 Å². The van der Waals surface area contributed by atoms with E-state index in [0.717, 1.165) is 22.4 Å². The number of nitrogens with two attached hydrogens (primary N) is 1. The number of methoxy groups -OCH3 is 1. The maximum atomic E-state index is 6.14. The van der Waals surface area contributed by atoms with Gasteiger partial charge in [-0.05, 0) is 36.2 Å². The van der Waals surface area contributed by atoms with Gasteiger partial charge in [0, 0.05) is 12.1 Å². The first-order chi connectivity index (χ1) is 9.63. The smallest absolute Gasteiger partial charge is 0.138 e. The second-order valence-corrected chi connectivity index (χ2v) is 4.98. The van der Waals surface area contributed by atoms with Gasteiger partial charge in [0.1, 0.15) is 18.1 Å². The van der Waals surface area contributed by atoms with E-state index in [1.165, 1.54) is 0 Å². The molecule has 2 aromatic rings. The van der Waals surface area contributed by atoms with E-state index in [9.17, 15) is 0 Å². The molecule has 3 nitrogen and oxygen atoms in total. The van der Waals surface area contributed by atoms with Crippen LogP contribution in [0.4, 0.5) is 0 Å². The molecule has 0 atom stereocenters. The number of halogens is 1. The zero-order valence-electron chi connectivity index (χ0n) is 11.7. The van der Waals surface area contributed by atoms with Gasteiger partial charge in [-0.15, -0.1) is 0 Å². The highest BCUT2D eigenvalue weighted by atomic mass is 35.5. The van der Waals surface area contributed by atoms with E-state index in [4.69, 9.17) is 26.8 Å². The topological polar surface area (TPSA) is 44.5 Å². The third-order valence-electron chi connectivity index (χ3n) is 3.05. The molecular weight excluding hydrogens is 274 g/mol. The van der Waals surface area contributed by atoms with Crippen molar-refractivity contribution in [3.63, 3.8) is 0 Å². The molecule has 0 amide bonds. The molecule has 0 fully saturated rings. The Kier molecular flexibility index (Phi) is 4.88. The summed E-state index contributed by atoms with van der Waals surface area (Å²) in [7, 11) is 1.63. The van der Waals surface area contributed by atoms with Crippen molar-refractivity contribution in [1.82, 2.24) is 0 Å². The van der Waals surface area contributed by atoms with E-state index < -0.39 is 0 Å². The van der Waals surface area contributed by atoms with Crippen LogP contribution in [0.15, 0.2) is 36.4 Å². The van der Waals surface area contributed by atoms with Gasteiger partial charge in [-0.2, -0.15) is 0 Å². The molecule has 0 radical (unpaired) electrons. The first-order valence-electron chi connectivity index (χ1n) is 6.39. The highest BCUT2D eigenvalue weighted by Gasteiger charge is 2.05. The van der Waals surface area contributed by atoms with Gasteiger partial charge in [0.2, 0.25) is 0 Å². The minimum absolute atomic E-state index is 0.435. The molecule has 106 valence electrons. The predicted molar refractivity (Wildman–Crippen MR) is 81.4 cm³/mol. The zero-order chi connectivity index (χ0) is 14.5. The van der Waals surface area contributed by atoms with Gasteiger partial charge in [-0.1, -0.05) is 29.8 Å². The Balaban J connectivity index is 2.10. The van der Waals surface area contributed by atoms with E-state index >= 15 is 0 Å². The van der Waals surface area contributed by atoms with Crippen molar-refractivity contribution in [3.05, 3.63) is 58.1 Å². The number of ether oxygens (including phenoxy) is 2. The summed E-state index contributed by atoms with van der Waals surface area (Å²) in [4.78, 5) is 0. The van der Waals surface area contributed by atoms with Crippen molar-refractivity contribution in [2.75, 3.05) is 7.11 Å². The molecule has 2 N–H and O–H groups in total. The number of rotatable bonds is 5. The van der Waals surface area contributed by atoms with Crippen LogP contribution in [0.5, 0.6) is 11.5 Å². The van der Waals surface area contributed by atoms with Crippen LogP contribution in [-0.4, -0.2) is 7.11 Å². The number of hydrogen-bond acceptors (Lipinski definition) is 3. The standard InChI is InChI=1S/C16H18ClNO2/c1-11-3-6-15(14(17)7-11)20-10-12-4-5-13(9-18)16(8-12)19-2/h3-8H,9-10,18H2,1-2H3. The third-order valence-corrected chi connectivity index (χ3v) is 3.35. The molecule has 20 heavy (non-hydrogen) atoms. The summed E-state index contributed by atoms with van der Waals surface area (Å²) in [6, 6.07) is 11.6. The van der Waals surface area contributed by atoms with E-state index in [0.29, 0.717) is 23.9 Å². The fourth-order valence-corrected chi connectivity index (χ4v) is 2.22. The second-order valence-electron chi connectivity index (χ2n) is 4.57. The Morgan fingerprint density at radius 1 is 1.10 bits per heavy atom. The Hall–Kier alpha value is -1.71. The van der Waals surface area contributed by atoms with Crippen LogP contribution >= 0.6 is 11.6 Å². The first kappa shape index (κ1) is 14.7. The molecule has 0 saturated carbocycles. The van der Waals surface area contributed by atoms with E-state index in [1.54, 1.807) is 7.11 Å². The van der Waals surface area contributed by atoms with Crippen molar-refractivity contribution in [2.45, 2.75) is 20.1 Å². The maximum absolute atomic E-state index is 6.14. The highest BCUT2D eigenvalue weighted by Crippen LogP contribution is 2.27. The lowest BCUT2D eigenvalue weighted by atomic mass is 10.1. The summed E-state index contributed by atoms with van der Waals surface area (Å²) in [5.74, 6) is 1.46. The van der Waals surface area contributed by atoms with Gasteiger partial charge < -0.3 is 15.2 Å². The van der Waals surface area contributed by atoms with Gasteiger partial charge in [-0.3, -0.25) is 0 Å². The van der Waals surface area contributed by atoms with Crippen LogP contribution in [0.1, 0.15) is 16.7 Å². The summed E-state index contributed by atoms with van der Waals surface area (Å²) in [5, 5.41) is 0.621. The minimum atomic E-state index is 0.435. The van der Waals surface area contributed by atoms with E-state index in [1.807, 2.05) is 43.3 Å². The minimum Gasteiger partial charge on any atom is -0.496 e. The molecule has 0 heterocycles. The van der Waals surface area contributed by atoms with Gasteiger partial charge in [0.15, 0.2) is 0 Å². The number of benzene rings is 2. The van der Waals surface area contributed by atoms with Crippen LogP contribution in [0.25, 0.3) is 0 Å². The van der Waals surface area contributed by atoms with Gasteiger partial charge in [0.05, 0.1) is 12.1 Å². The molecule has 2 aromatic carbocycles. The monoisotopic (exact) mass is 291 g/mol. The largest absolute Gasteiger partial charge is 0.496 e. The summed E-state index contributed by atoms with van der Waals surface area (Å²) in [5.41, 5.74) is 8.74. The van der Waals surface area contributed by atoms with Crippen LogP contribution < -0.4 is 15.2 Å². The molecule has 0 aliphatic rings. The average molecular weight is 292 g/mol. The molecule has 0 aliphatic heterocycles. The SMILES string of the molecule is COc1cc(COc2ccc(C)cc2Cl)ccc1CN. The van der Waals surface area contributed by atoms with Crippen molar-refractivity contribution >= 4 is 11.6 Å². The maximum Gasteiger partial charge on any atom is 0.138 e. The molecular formula is C16H18ClNO2. The van der Waals surface area contributed by atoms with Crippen LogP contribution in [0.2, 0.25) is 5.02 Å². The fraction of sp³-hybridized carbons (Fsp3) is 0.250. The molecule has 0 aromatic heterocycles. The molecule has 0 aliphatic carbocycles. The molecule has 0 unspecified atom stereocenters. The average Bonchev–Trinajstić information content (AvgIpc) is 2.46. The molecule has 4 heteroatoms. The lowest BCUT2D eigenvalue weighted by Crippen LogP contribution is -2.02. The molecule has 0 spiro atoms. The van der Waals surface area contributed by atoms with Crippen molar-refractivity contribution < 1.29 is 9.47 Å². The molecule has 0 saturated heterocycles. The summed E-state index contributed by atoms with van der Waals surface area (Å²) >= 11 is 6.14. The molecule has 2 rings (SSSR count). The van der Waals surface area contributed by atoms with Gasteiger partial charge in [0.25, 0.3) is 0 Å². The van der Waals surface area contributed by atoms with E-state index in [2.05, 4.69) is 0 Å². The first-order valence-corrected chi connectivity index (χ1v) is 6.76. The normalized spacial score (nSPS) is 10.4. The summed E-state index contributed by atoms with van der Waals surface area (Å²) in [6.45, 7) is 2.88. The number of aryl methyl sites for hydroxylation is 1. The second kappa shape index (κ2) is 6.64. The van der Waals surface area contributed by atoms with Crippen LogP contribution in [-0.2, 0) is 13.2 Å². The Labute approximate surface area is 124 Å². The van der Waals surface area contributed by atoms with Gasteiger partial charge >= 0.3 is 0 Å². The van der Waals surface area contributed by atoms with Crippen molar-refractivity contribution in [3.8, 4) is 11.5 Å². The summed E-state index contributed by atoms with van der Waals surface area (Å²) < 4.78 is 11.0. The lowest BCUT2D eigenvalue weighted by Gasteiger charge is -2.11. The van der Waals surface area contributed by atoms with Crippen LogP contribution in [0.3, 0.4) is 0 Å².